The first-order chi connectivity index (χ1) is 13.3. The number of nitrogens with one attached hydrogen (secondary N) is 1. The Morgan fingerprint density at radius 1 is 1.04 bits per heavy atom. The molecule has 140 valence electrons. The maximum atomic E-state index is 10.8. The Kier molecular flexibility index (Phi) is 5.85. The van der Waals surface area contributed by atoms with Crippen molar-refractivity contribution in [3.63, 3.8) is 0 Å². The summed E-state index contributed by atoms with van der Waals surface area (Å²) in [4.78, 5) is 5.84. The third kappa shape index (κ3) is 4.23. The fraction of sp³-hybridized carbons (Fsp3) is 0.348. The average molecular weight is 379 g/mol. The highest BCUT2D eigenvalue weighted by atomic mass is 32.1. The molecule has 0 spiro atoms. The van der Waals surface area contributed by atoms with Crippen molar-refractivity contribution in [1.29, 1.82) is 0 Å². The van der Waals surface area contributed by atoms with Gasteiger partial charge in [0.25, 0.3) is 0 Å². The molecule has 27 heavy (non-hydrogen) atoms. The van der Waals surface area contributed by atoms with Crippen LogP contribution in [0.4, 0.5) is 0 Å². The minimum absolute atomic E-state index is 0.353. The summed E-state index contributed by atoms with van der Waals surface area (Å²) in [7, 11) is 0. The zero-order valence-electron chi connectivity index (χ0n) is 15.5. The molecule has 3 aromatic rings. The van der Waals surface area contributed by atoms with Gasteiger partial charge in [-0.25, -0.2) is 0 Å². The number of nitrogens with zero attached hydrogens (tertiary/aromatic N) is 1. The predicted octanol–water partition coefficient (Wildman–Crippen LogP) is 5.37. The molecule has 1 unspecified atom stereocenters. The second-order valence-electron chi connectivity index (χ2n) is 7.16. The van der Waals surface area contributed by atoms with Crippen LogP contribution in [-0.2, 0) is 0 Å². The van der Waals surface area contributed by atoms with Gasteiger partial charge >= 0.3 is 0 Å². The molecule has 1 atom stereocenters. The number of benzene rings is 2. The molecule has 4 heteroatoms. The van der Waals surface area contributed by atoms with E-state index in [4.69, 9.17) is 4.99 Å². The van der Waals surface area contributed by atoms with E-state index < -0.39 is 0 Å². The van der Waals surface area contributed by atoms with Crippen LogP contribution in [0.15, 0.2) is 59.6 Å². The molecule has 1 aromatic heterocycles. The van der Waals surface area contributed by atoms with Gasteiger partial charge in [-0.1, -0.05) is 55.3 Å². The highest BCUT2D eigenvalue weighted by Gasteiger charge is 2.18. The Morgan fingerprint density at radius 2 is 1.85 bits per heavy atom. The molecule has 1 aliphatic rings. The molecule has 4 rings (SSSR count). The SMILES string of the molecule is Oc1c(C(=NCCC2CCCCCN2)c2ccccc2)sc2ccccc12. The zero-order valence-corrected chi connectivity index (χ0v) is 16.3. The van der Waals surface area contributed by atoms with Gasteiger partial charge in [0.1, 0.15) is 5.75 Å². The van der Waals surface area contributed by atoms with E-state index in [9.17, 15) is 5.11 Å². The fourth-order valence-electron chi connectivity index (χ4n) is 3.76. The summed E-state index contributed by atoms with van der Waals surface area (Å²) in [5.41, 5.74) is 1.97. The lowest BCUT2D eigenvalue weighted by Crippen LogP contribution is -2.28. The molecular formula is C23H26N2OS. The Balaban J connectivity index is 1.63. The molecule has 2 heterocycles. The van der Waals surface area contributed by atoms with Crippen LogP contribution in [0.25, 0.3) is 10.1 Å². The van der Waals surface area contributed by atoms with Crippen molar-refractivity contribution in [2.75, 3.05) is 13.1 Å². The first kappa shape index (κ1) is 18.2. The molecule has 1 fully saturated rings. The summed E-state index contributed by atoms with van der Waals surface area (Å²) in [6.45, 7) is 1.90. The van der Waals surface area contributed by atoms with Crippen molar-refractivity contribution in [3.8, 4) is 5.75 Å². The number of thiophene rings is 1. The predicted molar refractivity (Wildman–Crippen MR) is 115 cm³/mol. The molecule has 0 bridgehead atoms. The molecule has 1 aliphatic heterocycles. The average Bonchev–Trinajstić information content (AvgIpc) is 2.87. The second-order valence-corrected chi connectivity index (χ2v) is 8.21. The quantitative estimate of drug-likeness (QED) is 0.587. The van der Waals surface area contributed by atoms with E-state index in [0.717, 1.165) is 45.7 Å². The van der Waals surface area contributed by atoms with Crippen LogP contribution in [0, 0.1) is 0 Å². The van der Waals surface area contributed by atoms with Crippen LogP contribution in [0.1, 0.15) is 42.5 Å². The third-order valence-corrected chi connectivity index (χ3v) is 6.41. The van der Waals surface area contributed by atoms with Gasteiger partial charge in [0.05, 0.1) is 10.6 Å². The molecule has 1 saturated heterocycles. The van der Waals surface area contributed by atoms with Crippen molar-refractivity contribution in [2.45, 2.75) is 38.1 Å². The molecule has 0 radical (unpaired) electrons. The molecule has 0 saturated carbocycles. The minimum atomic E-state index is 0.353. The summed E-state index contributed by atoms with van der Waals surface area (Å²) in [6, 6.07) is 18.8. The van der Waals surface area contributed by atoms with Gasteiger partial charge in [0.15, 0.2) is 0 Å². The lowest BCUT2D eigenvalue weighted by atomic mass is 10.1. The Bertz CT molecular complexity index is 909. The molecule has 2 N–H and O–H groups in total. The normalized spacial score (nSPS) is 18.5. The Hall–Kier alpha value is -2.17. The summed E-state index contributed by atoms with van der Waals surface area (Å²) in [5.74, 6) is 0.353. The van der Waals surface area contributed by atoms with E-state index in [0.29, 0.717) is 11.8 Å². The van der Waals surface area contributed by atoms with Crippen molar-refractivity contribution in [1.82, 2.24) is 5.32 Å². The van der Waals surface area contributed by atoms with E-state index >= 15 is 0 Å². The number of aromatic hydroxyl groups is 1. The standard InChI is InChI=1S/C23H26N2OS/c26-22-19-12-6-7-13-20(19)27-23(22)21(17-9-3-1-4-10-17)25-16-14-18-11-5-2-8-15-24-18/h1,3-4,6-7,9-10,12-13,18,24,26H,2,5,8,11,14-16H2. The summed E-state index contributed by atoms with van der Waals surface area (Å²) in [5, 5.41) is 15.4. The number of rotatable bonds is 5. The highest BCUT2D eigenvalue weighted by molar-refractivity contribution is 7.21. The fourth-order valence-corrected chi connectivity index (χ4v) is 4.89. The molecule has 0 aliphatic carbocycles. The number of hydrogen-bond acceptors (Lipinski definition) is 4. The monoisotopic (exact) mass is 378 g/mol. The van der Waals surface area contributed by atoms with E-state index in [1.807, 2.05) is 36.4 Å². The second kappa shape index (κ2) is 8.68. The summed E-state index contributed by atoms with van der Waals surface area (Å²) in [6.07, 6.45) is 6.21. The van der Waals surface area contributed by atoms with Crippen LogP contribution in [0.3, 0.4) is 0 Å². The van der Waals surface area contributed by atoms with E-state index in [2.05, 4.69) is 23.5 Å². The van der Waals surface area contributed by atoms with Crippen LogP contribution < -0.4 is 5.32 Å². The van der Waals surface area contributed by atoms with Gasteiger partial charge in [0, 0.05) is 28.2 Å². The van der Waals surface area contributed by atoms with Crippen LogP contribution in [0.5, 0.6) is 5.75 Å². The first-order valence-electron chi connectivity index (χ1n) is 9.87. The van der Waals surface area contributed by atoms with Crippen molar-refractivity contribution in [2.24, 2.45) is 4.99 Å². The first-order valence-corrected chi connectivity index (χ1v) is 10.7. The van der Waals surface area contributed by atoms with Gasteiger partial charge < -0.3 is 10.4 Å². The number of fused-ring (bicyclic) bond motifs is 1. The van der Waals surface area contributed by atoms with Crippen molar-refractivity contribution < 1.29 is 5.11 Å². The van der Waals surface area contributed by atoms with E-state index in [1.165, 1.54) is 25.7 Å². The van der Waals surface area contributed by atoms with Gasteiger partial charge in [0.2, 0.25) is 0 Å². The van der Waals surface area contributed by atoms with E-state index in [1.54, 1.807) is 11.3 Å². The van der Waals surface area contributed by atoms with Gasteiger partial charge in [-0.15, -0.1) is 11.3 Å². The summed E-state index contributed by atoms with van der Waals surface area (Å²) >= 11 is 1.62. The van der Waals surface area contributed by atoms with Gasteiger partial charge in [-0.3, -0.25) is 4.99 Å². The largest absolute Gasteiger partial charge is 0.506 e. The third-order valence-electron chi connectivity index (χ3n) is 5.24. The van der Waals surface area contributed by atoms with Gasteiger partial charge in [-0.2, -0.15) is 0 Å². The topological polar surface area (TPSA) is 44.6 Å². The van der Waals surface area contributed by atoms with Crippen molar-refractivity contribution in [3.05, 3.63) is 65.0 Å². The lowest BCUT2D eigenvalue weighted by molar-refractivity contribution is 0.481. The molecule has 3 nitrogen and oxygen atoms in total. The van der Waals surface area contributed by atoms with Crippen LogP contribution in [0.2, 0.25) is 0 Å². The van der Waals surface area contributed by atoms with Crippen LogP contribution in [-0.4, -0.2) is 29.9 Å². The van der Waals surface area contributed by atoms with Crippen molar-refractivity contribution >= 4 is 27.1 Å². The summed E-state index contributed by atoms with van der Waals surface area (Å²) < 4.78 is 1.10. The minimum Gasteiger partial charge on any atom is -0.506 e. The highest BCUT2D eigenvalue weighted by Crippen LogP contribution is 2.38. The molecule has 0 amide bonds. The maximum Gasteiger partial charge on any atom is 0.143 e. The smallest absolute Gasteiger partial charge is 0.143 e. The van der Waals surface area contributed by atoms with E-state index in [-0.39, 0.29) is 0 Å². The molecular weight excluding hydrogens is 352 g/mol. The maximum absolute atomic E-state index is 10.8. The van der Waals surface area contributed by atoms with Crippen LogP contribution >= 0.6 is 11.3 Å². The number of aliphatic imine (C=N–C) groups is 1. The lowest BCUT2D eigenvalue weighted by Gasteiger charge is -2.14. The zero-order chi connectivity index (χ0) is 18.5. The Morgan fingerprint density at radius 3 is 2.70 bits per heavy atom. The number of hydrogen-bond donors (Lipinski definition) is 2. The Labute approximate surface area is 164 Å². The molecule has 2 aromatic carbocycles. The van der Waals surface area contributed by atoms with Gasteiger partial charge in [-0.05, 0) is 37.9 Å².